The number of nitrogens with zero attached hydrogens (tertiary/aromatic N) is 2. The molecule has 0 unspecified atom stereocenters. The molecule has 0 aromatic rings. The lowest BCUT2D eigenvalue weighted by atomic mass is 10.5. The van der Waals surface area contributed by atoms with Gasteiger partial charge in [-0.3, -0.25) is 4.99 Å². The molecule has 0 saturated heterocycles. The predicted molar refractivity (Wildman–Crippen MR) is 24.3 cm³/mol. The Morgan fingerprint density at radius 1 is 2.00 bits per heavy atom. The van der Waals surface area contributed by atoms with Crippen molar-refractivity contribution in [2.24, 2.45) is 4.99 Å². The summed E-state index contributed by atoms with van der Waals surface area (Å²) in [4.78, 5) is 3.45. The minimum Gasteiger partial charge on any atom is -0.282 e. The van der Waals surface area contributed by atoms with E-state index in [4.69, 9.17) is 5.26 Å². The molecule has 0 N–H and O–H groups in total. The largest absolute Gasteiger partial charge is 0.282 e. The van der Waals surface area contributed by atoms with E-state index < -0.39 is 0 Å². The molecule has 0 atom stereocenters. The van der Waals surface area contributed by atoms with Gasteiger partial charge in [0.2, 0.25) is 0 Å². The molecule has 0 saturated carbocycles. The summed E-state index contributed by atoms with van der Waals surface area (Å²) in [5, 5.41) is 7.89. The summed E-state index contributed by atoms with van der Waals surface area (Å²) in [6.45, 7) is 3.26. The van der Waals surface area contributed by atoms with Gasteiger partial charge in [0.15, 0.2) is 0 Å². The van der Waals surface area contributed by atoms with Crippen LogP contribution < -0.4 is 0 Å². The van der Waals surface area contributed by atoms with Crippen LogP contribution in [0.5, 0.6) is 0 Å². The number of aliphatic imine (C=N–C) groups is 1. The lowest BCUT2D eigenvalue weighted by molar-refractivity contribution is 1.44. The fourth-order valence-electron chi connectivity index (χ4n) is 0.0500. The molecule has 0 aromatic heterocycles. The smallest absolute Gasteiger partial charge is 0.114 e. The fraction of sp³-hybridized carbons (Fsp3) is 0.250. The van der Waals surface area contributed by atoms with Crippen LogP contribution in [-0.4, -0.2) is 12.8 Å². The summed E-state index contributed by atoms with van der Waals surface area (Å²) in [6.07, 6.45) is 0. The highest BCUT2D eigenvalue weighted by Gasteiger charge is 1.73. The van der Waals surface area contributed by atoms with Crippen LogP contribution in [0.15, 0.2) is 4.99 Å². The van der Waals surface area contributed by atoms with Crippen LogP contribution in [0.3, 0.4) is 0 Å². The Hall–Kier alpha value is -0.840. The highest BCUT2D eigenvalue weighted by molar-refractivity contribution is 6.01. The Kier molecular flexibility index (Phi) is 2.06. The van der Waals surface area contributed by atoms with Gasteiger partial charge in [0.25, 0.3) is 0 Å². The van der Waals surface area contributed by atoms with Gasteiger partial charge in [0.1, 0.15) is 11.8 Å². The molecular weight excluding hydrogens is 76.1 g/mol. The van der Waals surface area contributed by atoms with Gasteiger partial charge in [-0.2, -0.15) is 5.26 Å². The van der Waals surface area contributed by atoms with Crippen molar-refractivity contribution in [2.75, 3.05) is 7.05 Å². The molecule has 0 aliphatic heterocycles. The maximum absolute atomic E-state index is 7.89. The van der Waals surface area contributed by atoms with Crippen LogP contribution in [0.1, 0.15) is 0 Å². The molecule has 31 valence electrons. The molecule has 0 rings (SSSR count). The molecule has 0 aliphatic rings. The van der Waals surface area contributed by atoms with Gasteiger partial charge >= 0.3 is 0 Å². The average molecular weight is 81.1 g/mol. The Morgan fingerprint density at radius 2 is 2.50 bits per heavy atom. The minimum absolute atomic E-state index is 0.273. The molecular formula is C4H5N2. The monoisotopic (exact) mass is 81.0 g/mol. The second-order valence-electron chi connectivity index (χ2n) is 0.782. The zero-order valence-corrected chi connectivity index (χ0v) is 3.60. The molecule has 2 heteroatoms. The first-order valence-electron chi connectivity index (χ1n) is 1.50. The molecule has 2 nitrogen and oxygen atoms in total. The number of hydrogen-bond donors (Lipinski definition) is 0. The van der Waals surface area contributed by atoms with Gasteiger partial charge in [0.05, 0.1) is 0 Å². The molecule has 0 fully saturated rings. The van der Waals surface area contributed by atoms with Crippen molar-refractivity contribution in [1.82, 2.24) is 0 Å². The summed E-state index contributed by atoms with van der Waals surface area (Å²) < 4.78 is 0. The molecule has 6 heavy (non-hydrogen) atoms. The van der Waals surface area contributed by atoms with Crippen molar-refractivity contribution in [1.29, 1.82) is 5.26 Å². The Labute approximate surface area is 37.1 Å². The normalized spacial score (nSPS) is 10.5. The summed E-state index contributed by atoms with van der Waals surface area (Å²) >= 11 is 0. The van der Waals surface area contributed by atoms with Crippen LogP contribution in [0.4, 0.5) is 0 Å². The topological polar surface area (TPSA) is 36.1 Å². The first-order chi connectivity index (χ1) is 2.81. The Bertz CT molecular complexity index is 96.6. The van der Waals surface area contributed by atoms with E-state index in [1.54, 1.807) is 6.07 Å². The van der Waals surface area contributed by atoms with Crippen LogP contribution in [0.25, 0.3) is 0 Å². The second kappa shape index (κ2) is 2.40. The van der Waals surface area contributed by atoms with Gasteiger partial charge in [-0.25, -0.2) is 0 Å². The maximum Gasteiger partial charge on any atom is 0.114 e. The zero-order chi connectivity index (χ0) is 4.99. The highest BCUT2D eigenvalue weighted by Crippen LogP contribution is 1.63. The fourth-order valence-corrected chi connectivity index (χ4v) is 0.0500. The molecule has 0 aromatic carbocycles. The standard InChI is InChI=1S/C4H5N2/c1-4(3-5)6-2/h1H2,2H3/b6-4+. The first-order valence-corrected chi connectivity index (χ1v) is 1.50. The lowest BCUT2D eigenvalue weighted by Crippen LogP contribution is -1.80. The number of rotatable bonds is 0. The van der Waals surface area contributed by atoms with Gasteiger partial charge in [0, 0.05) is 14.0 Å². The van der Waals surface area contributed by atoms with Gasteiger partial charge in [-0.05, 0) is 0 Å². The third-order valence-corrected chi connectivity index (χ3v) is 0.399. The Balaban J connectivity index is 3.61. The summed E-state index contributed by atoms with van der Waals surface area (Å²) in [7, 11) is 1.53. The number of nitriles is 1. The molecule has 0 aliphatic carbocycles. The molecule has 0 bridgehead atoms. The van der Waals surface area contributed by atoms with Gasteiger partial charge in [-0.15, -0.1) is 0 Å². The van der Waals surface area contributed by atoms with E-state index in [0.717, 1.165) is 0 Å². The van der Waals surface area contributed by atoms with E-state index in [1.807, 2.05) is 0 Å². The highest BCUT2D eigenvalue weighted by atomic mass is 14.7. The van der Waals surface area contributed by atoms with E-state index in [1.165, 1.54) is 7.05 Å². The van der Waals surface area contributed by atoms with Crippen LogP contribution in [0.2, 0.25) is 0 Å². The molecule has 0 heterocycles. The quantitative estimate of drug-likeness (QED) is 0.389. The first kappa shape index (κ1) is 5.16. The third kappa shape index (κ3) is 1.48. The van der Waals surface area contributed by atoms with Crippen LogP contribution in [0, 0.1) is 18.3 Å². The van der Waals surface area contributed by atoms with Crippen molar-refractivity contribution in [3.05, 3.63) is 6.92 Å². The van der Waals surface area contributed by atoms with E-state index >= 15 is 0 Å². The lowest BCUT2D eigenvalue weighted by Gasteiger charge is -1.70. The maximum atomic E-state index is 7.89. The SMILES string of the molecule is [CH2]/C(C#N)=N\C. The van der Waals surface area contributed by atoms with E-state index in [2.05, 4.69) is 11.9 Å². The second-order valence-corrected chi connectivity index (χ2v) is 0.782. The van der Waals surface area contributed by atoms with Crippen molar-refractivity contribution >= 4 is 5.71 Å². The third-order valence-electron chi connectivity index (χ3n) is 0.399. The molecule has 0 amide bonds. The van der Waals surface area contributed by atoms with E-state index in [-0.39, 0.29) is 5.71 Å². The zero-order valence-electron chi connectivity index (χ0n) is 3.60. The predicted octanol–water partition coefficient (Wildman–Crippen LogP) is 0.415. The van der Waals surface area contributed by atoms with E-state index in [9.17, 15) is 0 Å². The minimum atomic E-state index is 0.273. The van der Waals surface area contributed by atoms with Crippen molar-refractivity contribution in [3.63, 3.8) is 0 Å². The molecule has 0 spiro atoms. The summed E-state index contributed by atoms with van der Waals surface area (Å²) in [5.41, 5.74) is 0.273. The Morgan fingerprint density at radius 3 is 2.50 bits per heavy atom. The van der Waals surface area contributed by atoms with Gasteiger partial charge in [-0.1, -0.05) is 0 Å². The van der Waals surface area contributed by atoms with Crippen LogP contribution >= 0.6 is 0 Å². The van der Waals surface area contributed by atoms with Gasteiger partial charge < -0.3 is 0 Å². The van der Waals surface area contributed by atoms with Crippen molar-refractivity contribution in [2.45, 2.75) is 0 Å². The summed E-state index contributed by atoms with van der Waals surface area (Å²) in [6, 6.07) is 1.75. The average Bonchev–Trinajstić information content (AvgIpc) is 1.65. The van der Waals surface area contributed by atoms with Crippen LogP contribution in [-0.2, 0) is 0 Å². The van der Waals surface area contributed by atoms with E-state index in [0.29, 0.717) is 0 Å². The number of hydrogen-bond acceptors (Lipinski definition) is 2. The van der Waals surface area contributed by atoms with Crippen molar-refractivity contribution < 1.29 is 0 Å². The summed E-state index contributed by atoms with van der Waals surface area (Å²) in [5.74, 6) is 0. The van der Waals surface area contributed by atoms with Crippen molar-refractivity contribution in [3.8, 4) is 6.07 Å². The molecule has 1 radical (unpaired) electrons.